The van der Waals surface area contributed by atoms with E-state index in [1.54, 1.807) is 0 Å². The molecular weight excluding hydrogens is 176 g/mol. The molecule has 82 valence electrons. The van der Waals surface area contributed by atoms with E-state index in [0.29, 0.717) is 0 Å². The van der Waals surface area contributed by atoms with Crippen LogP contribution in [0.4, 0.5) is 0 Å². The first-order chi connectivity index (χ1) is 6.90. The van der Waals surface area contributed by atoms with Crippen molar-refractivity contribution in [3.05, 3.63) is 0 Å². The normalized spacial score (nSPS) is 32.4. The van der Waals surface area contributed by atoms with Crippen molar-refractivity contribution in [2.45, 2.75) is 13.3 Å². The molecule has 0 aliphatic carbocycles. The van der Waals surface area contributed by atoms with Gasteiger partial charge in [-0.15, -0.1) is 0 Å². The third-order valence-corrected chi connectivity index (χ3v) is 3.37. The van der Waals surface area contributed by atoms with Crippen LogP contribution in [0.2, 0.25) is 0 Å². The first-order valence-corrected chi connectivity index (χ1v) is 5.91. The molecule has 0 spiro atoms. The molecule has 0 saturated carbocycles. The van der Waals surface area contributed by atoms with Gasteiger partial charge >= 0.3 is 0 Å². The van der Waals surface area contributed by atoms with Crippen LogP contribution in [-0.4, -0.2) is 50.8 Å². The van der Waals surface area contributed by atoms with E-state index in [1.807, 2.05) is 0 Å². The molecule has 2 atom stereocenters. The average molecular weight is 198 g/mol. The van der Waals surface area contributed by atoms with Crippen molar-refractivity contribution in [3.63, 3.8) is 0 Å². The summed E-state index contributed by atoms with van der Waals surface area (Å²) in [6, 6.07) is 0. The van der Waals surface area contributed by atoms with Gasteiger partial charge in [-0.1, -0.05) is 6.92 Å². The minimum absolute atomic E-state index is 0.917. The quantitative estimate of drug-likeness (QED) is 0.653. The first kappa shape index (κ1) is 10.4. The third-order valence-electron chi connectivity index (χ3n) is 3.37. The van der Waals surface area contributed by atoms with Gasteiger partial charge in [-0.2, -0.15) is 0 Å². The van der Waals surface area contributed by atoms with E-state index in [4.69, 9.17) is 4.74 Å². The second-order valence-electron chi connectivity index (χ2n) is 4.55. The van der Waals surface area contributed by atoms with Crippen LogP contribution in [0.1, 0.15) is 13.3 Å². The largest absolute Gasteiger partial charge is 0.380 e. The first-order valence-electron chi connectivity index (χ1n) is 5.91. The van der Waals surface area contributed by atoms with E-state index in [-0.39, 0.29) is 0 Å². The summed E-state index contributed by atoms with van der Waals surface area (Å²) in [6.07, 6.45) is 1.13. The van der Waals surface area contributed by atoms with Crippen molar-refractivity contribution in [1.29, 1.82) is 0 Å². The van der Waals surface area contributed by atoms with E-state index in [2.05, 4.69) is 17.1 Å². The zero-order chi connectivity index (χ0) is 9.80. The Balaban J connectivity index is 1.60. The summed E-state index contributed by atoms with van der Waals surface area (Å²) in [7, 11) is 0. The lowest BCUT2D eigenvalue weighted by molar-refractivity contribution is 0.109. The maximum absolute atomic E-state index is 5.51. The topological polar surface area (TPSA) is 24.5 Å². The zero-order valence-corrected chi connectivity index (χ0v) is 9.17. The van der Waals surface area contributed by atoms with Crippen LogP contribution < -0.4 is 5.32 Å². The van der Waals surface area contributed by atoms with Gasteiger partial charge < -0.3 is 15.0 Å². The molecule has 2 rings (SSSR count). The van der Waals surface area contributed by atoms with Crippen molar-refractivity contribution in [3.8, 4) is 0 Å². The van der Waals surface area contributed by atoms with E-state index in [0.717, 1.165) is 38.0 Å². The molecule has 14 heavy (non-hydrogen) atoms. The highest BCUT2D eigenvalue weighted by Crippen LogP contribution is 2.25. The minimum atomic E-state index is 0.917. The lowest BCUT2D eigenvalue weighted by Crippen LogP contribution is -2.29. The lowest BCUT2D eigenvalue weighted by Gasteiger charge is -2.16. The van der Waals surface area contributed by atoms with Crippen LogP contribution in [0.25, 0.3) is 0 Å². The van der Waals surface area contributed by atoms with Crippen LogP contribution >= 0.6 is 0 Å². The second kappa shape index (κ2) is 5.10. The Hall–Kier alpha value is -0.120. The predicted octanol–water partition coefficient (Wildman–Crippen LogP) is 0.564. The summed E-state index contributed by atoms with van der Waals surface area (Å²) in [6.45, 7) is 10.2. The SMILES string of the molecule is CCCOCCN1CC2CNCC2C1. The summed E-state index contributed by atoms with van der Waals surface area (Å²) >= 11 is 0. The molecule has 2 aliphatic rings. The van der Waals surface area contributed by atoms with Crippen LogP contribution in [-0.2, 0) is 4.74 Å². The van der Waals surface area contributed by atoms with E-state index in [1.165, 1.54) is 26.2 Å². The number of likely N-dealkylation sites (tertiary alicyclic amines) is 1. The van der Waals surface area contributed by atoms with Crippen LogP contribution in [0, 0.1) is 11.8 Å². The maximum atomic E-state index is 5.51. The molecule has 1 N–H and O–H groups in total. The van der Waals surface area contributed by atoms with Gasteiger partial charge in [0.05, 0.1) is 6.61 Å². The third kappa shape index (κ3) is 2.47. The van der Waals surface area contributed by atoms with Gasteiger partial charge in [0.2, 0.25) is 0 Å². The van der Waals surface area contributed by atoms with E-state index in [9.17, 15) is 0 Å². The standard InChI is InChI=1S/C11H22N2O/c1-2-4-14-5-3-13-8-10-6-12-7-11(10)9-13/h10-12H,2-9H2,1H3. The molecular formula is C11H22N2O. The van der Waals surface area contributed by atoms with Crippen molar-refractivity contribution in [2.75, 3.05) is 45.9 Å². The number of nitrogens with zero attached hydrogens (tertiary/aromatic N) is 1. The average Bonchev–Trinajstić information content (AvgIpc) is 2.72. The summed E-state index contributed by atoms with van der Waals surface area (Å²) in [5.41, 5.74) is 0. The Bertz CT molecular complexity index is 163. The number of nitrogens with one attached hydrogen (secondary N) is 1. The fraction of sp³-hybridized carbons (Fsp3) is 1.00. The van der Waals surface area contributed by atoms with Gasteiger partial charge in [0.1, 0.15) is 0 Å². The number of ether oxygens (including phenoxy) is 1. The van der Waals surface area contributed by atoms with Gasteiger partial charge in [-0.3, -0.25) is 0 Å². The molecule has 3 heteroatoms. The van der Waals surface area contributed by atoms with Gasteiger partial charge in [0.25, 0.3) is 0 Å². The molecule has 0 bridgehead atoms. The molecule has 0 aromatic carbocycles. The number of rotatable bonds is 5. The lowest BCUT2D eigenvalue weighted by atomic mass is 10.0. The molecule has 2 fully saturated rings. The highest BCUT2D eigenvalue weighted by atomic mass is 16.5. The van der Waals surface area contributed by atoms with Crippen LogP contribution in [0.5, 0.6) is 0 Å². The molecule has 2 unspecified atom stereocenters. The molecule has 0 aromatic rings. The van der Waals surface area contributed by atoms with Gasteiger partial charge in [-0.25, -0.2) is 0 Å². The van der Waals surface area contributed by atoms with E-state index >= 15 is 0 Å². The number of hydrogen-bond donors (Lipinski definition) is 1. The van der Waals surface area contributed by atoms with Crippen molar-refractivity contribution < 1.29 is 4.74 Å². The Labute approximate surface area is 86.8 Å². The summed E-state index contributed by atoms with van der Waals surface area (Å²) < 4.78 is 5.51. The Kier molecular flexibility index (Phi) is 3.79. The predicted molar refractivity (Wildman–Crippen MR) is 57.4 cm³/mol. The van der Waals surface area contributed by atoms with Crippen LogP contribution in [0.15, 0.2) is 0 Å². The molecule has 3 nitrogen and oxygen atoms in total. The van der Waals surface area contributed by atoms with Crippen molar-refractivity contribution >= 4 is 0 Å². The molecule has 0 radical (unpaired) electrons. The van der Waals surface area contributed by atoms with Crippen molar-refractivity contribution in [2.24, 2.45) is 11.8 Å². The van der Waals surface area contributed by atoms with Crippen molar-refractivity contribution in [1.82, 2.24) is 10.2 Å². The Morgan fingerprint density at radius 3 is 2.57 bits per heavy atom. The molecule has 2 aliphatic heterocycles. The minimum Gasteiger partial charge on any atom is -0.380 e. The van der Waals surface area contributed by atoms with Crippen LogP contribution in [0.3, 0.4) is 0 Å². The summed E-state index contributed by atoms with van der Waals surface area (Å²) in [4.78, 5) is 2.56. The number of fused-ring (bicyclic) bond motifs is 1. The monoisotopic (exact) mass is 198 g/mol. The summed E-state index contributed by atoms with van der Waals surface area (Å²) in [5, 5.41) is 3.46. The highest BCUT2D eigenvalue weighted by molar-refractivity contribution is 4.90. The fourth-order valence-electron chi connectivity index (χ4n) is 2.58. The highest BCUT2D eigenvalue weighted by Gasteiger charge is 2.35. The van der Waals surface area contributed by atoms with Gasteiger partial charge in [0.15, 0.2) is 0 Å². The smallest absolute Gasteiger partial charge is 0.0593 e. The molecule has 0 amide bonds. The molecule has 2 heterocycles. The van der Waals surface area contributed by atoms with Gasteiger partial charge in [-0.05, 0) is 31.3 Å². The van der Waals surface area contributed by atoms with E-state index < -0.39 is 0 Å². The Morgan fingerprint density at radius 1 is 1.21 bits per heavy atom. The second-order valence-corrected chi connectivity index (χ2v) is 4.55. The van der Waals surface area contributed by atoms with Gasteiger partial charge in [0, 0.05) is 26.2 Å². The maximum Gasteiger partial charge on any atom is 0.0593 e. The Morgan fingerprint density at radius 2 is 1.93 bits per heavy atom. The summed E-state index contributed by atoms with van der Waals surface area (Å²) in [5.74, 6) is 1.84. The fourth-order valence-corrected chi connectivity index (χ4v) is 2.58. The number of hydrogen-bond acceptors (Lipinski definition) is 3. The molecule has 2 saturated heterocycles. The zero-order valence-electron chi connectivity index (χ0n) is 9.17. The molecule has 0 aromatic heterocycles.